The van der Waals surface area contributed by atoms with Gasteiger partial charge in [-0.1, -0.05) is 17.7 Å². The van der Waals surface area contributed by atoms with Gasteiger partial charge in [-0.2, -0.15) is 0 Å². The lowest BCUT2D eigenvalue weighted by molar-refractivity contribution is 0.316. The summed E-state index contributed by atoms with van der Waals surface area (Å²) < 4.78 is 31.3. The molecule has 1 aliphatic heterocycles. The number of nitrogens with zero attached hydrogens (tertiary/aromatic N) is 1. The maximum Gasteiger partial charge on any atom is 0.252 e. The van der Waals surface area contributed by atoms with E-state index in [9.17, 15) is 13.2 Å². The van der Waals surface area contributed by atoms with Crippen molar-refractivity contribution in [3.8, 4) is 16.9 Å². The van der Waals surface area contributed by atoms with Crippen LogP contribution in [-0.2, 0) is 10.0 Å². The van der Waals surface area contributed by atoms with Crippen LogP contribution in [0.15, 0.2) is 41.2 Å². The first-order valence-electron chi connectivity index (χ1n) is 9.33. The van der Waals surface area contributed by atoms with Crippen LogP contribution in [0.5, 0.6) is 5.75 Å². The first-order chi connectivity index (χ1) is 14.2. The minimum absolute atomic E-state index is 0.199. The van der Waals surface area contributed by atoms with E-state index in [2.05, 4.69) is 9.97 Å². The molecule has 0 amide bonds. The zero-order valence-corrected chi connectivity index (χ0v) is 17.8. The van der Waals surface area contributed by atoms with E-state index in [1.165, 1.54) is 10.6 Å². The fraction of sp³-hybridized carbons (Fsp3) is 0.190. The average Bonchev–Trinajstić information content (AvgIpc) is 3.04. The predicted molar refractivity (Wildman–Crippen MR) is 119 cm³/mol. The van der Waals surface area contributed by atoms with E-state index < -0.39 is 10.0 Å². The van der Waals surface area contributed by atoms with Gasteiger partial charge in [0.25, 0.3) is 5.56 Å². The molecule has 7 nitrogen and oxygen atoms in total. The van der Waals surface area contributed by atoms with Gasteiger partial charge in [-0.15, -0.1) is 0 Å². The largest absolute Gasteiger partial charge is 0.489 e. The lowest BCUT2D eigenvalue weighted by Gasteiger charge is -2.29. The van der Waals surface area contributed by atoms with Crippen LogP contribution in [0.25, 0.3) is 33.1 Å². The molecule has 3 heterocycles. The van der Waals surface area contributed by atoms with Gasteiger partial charge < -0.3 is 14.7 Å². The summed E-state index contributed by atoms with van der Waals surface area (Å²) in [5.74, 6) is 0.469. The minimum atomic E-state index is -3.41. The highest BCUT2D eigenvalue weighted by Crippen LogP contribution is 2.40. The number of hydrogen-bond acceptors (Lipinski definition) is 4. The molecule has 0 saturated carbocycles. The molecule has 0 bridgehead atoms. The monoisotopic (exact) mass is 443 g/mol. The Morgan fingerprint density at radius 1 is 1.10 bits per heavy atom. The van der Waals surface area contributed by atoms with Crippen molar-refractivity contribution in [2.45, 2.75) is 6.92 Å². The molecule has 0 aliphatic carbocycles. The van der Waals surface area contributed by atoms with Crippen LogP contribution in [-0.4, -0.2) is 37.8 Å². The van der Waals surface area contributed by atoms with Crippen molar-refractivity contribution < 1.29 is 13.2 Å². The van der Waals surface area contributed by atoms with E-state index in [0.29, 0.717) is 27.5 Å². The summed E-state index contributed by atoms with van der Waals surface area (Å²) in [7, 11) is -3.41. The fourth-order valence-electron chi connectivity index (χ4n) is 4.05. The van der Waals surface area contributed by atoms with Gasteiger partial charge in [0.2, 0.25) is 10.0 Å². The molecule has 0 spiro atoms. The first-order valence-corrected chi connectivity index (χ1v) is 11.6. The van der Waals surface area contributed by atoms with Crippen LogP contribution < -0.4 is 14.6 Å². The Kier molecular flexibility index (Phi) is 4.13. The second-order valence-corrected chi connectivity index (χ2v) is 9.73. The number of hydrogen-bond donors (Lipinski definition) is 2. The predicted octanol–water partition coefficient (Wildman–Crippen LogP) is 3.80. The first kappa shape index (κ1) is 19.0. The lowest BCUT2D eigenvalue weighted by Crippen LogP contribution is -2.37. The smallest absolute Gasteiger partial charge is 0.252 e. The normalized spacial score (nSPS) is 14.2. The zero-order valence-electron chi connectivity index (χ0n) is 16.2. The van der Waals surface area contributed by atoms with E-state index >= 15 is 0 Å². The minimum Gasteiger partial charge on any atom is -0.489 e. The molecular formula is C21H18ClN3O4S. The van der Waals surface area contributed by atoms with E-state index in [4.69, 9.17) is 16.3 Å². The van der Waals surface area contributed by atoms with Crippen LogP contribution in [0.3, 0.4) is 0 Å². The van der Waals surface area contributed by atoms with Gasteiger partial charge in [-0.05, 0) is 42.8 Å². The van der Waals surface area contributed by atoms with Crippen molar-refractivity contribution in [2.75, 3.05) is 23.7 Å². The van der Waals surface area contributed by atoms with E-state index in [1.54, 1.807) is 25.1 Å². The molecule has 4 aromatic rings. The summed E-state index contributed by atoms with van der Waals surface area (Å²) in [6.07, 6.45) is 1.18. The Morgan fingerprint density at radius 2 is 1.90 bits per heavy atom. The quantitative estimate of drug-likeness (QED) is 0.492. The third-order valence-electron chi connectivity index (χ3n) is 5.43. The molecule has 0 radical (unpaired) electrons. The molecule has 5 rings (SSSR count). The molecule has 0 saturated heterocycles. The van der Waals surface area contributed by atoms with Crippen molar-refractivity contribution in [1.29, 1.82) is 0 Å². The average molecular weight is 444 g/mol. The number of aromatic amines is 2. The van der Waals surface area contributed by atoms with E-state index in [-0.39, 0.29) is 18.7 Å². The summed E-state index contributed by atoms with van der Waals surface area (Å²) in [6, 6.07) is 10.8. The highest BCUT2D eigenvalue weighted by molar-refractivity contribution is 7.92. The Morgan fingerprint density at radius 3 is 2.67 bits per heavy atom. The number of ether oxygens (including phenoxy) is 1. The molecule has 0 fully saturated rings. The van der Waals surface area contributed by atoms with Gasteiger partial charge in [-0.3, -0.25) is 9.10 Å². The molecular weight excluding hydrogens is 426 g/mol. The number of halogens is 1. The van der Waals surface area contributed by atoms with Crippen molar-refractivity contribution in [2.24, 2.45) is 0 Å². The maximum atomic E-state index is 12.7. The Balaban J connectivity index is 1.79. The van der Waals surface area contributed by atoms with Crippen molar-refractivity contribution in [3.63, 3.8) is 0 Å². The number of H-pyrrole nitrogens is 2. The number of benzene rings is 2. The topological polar surface area (TPSA) is 95.3 Å². The van der Waals surface area contributed by atoms with Crippen molar-refractivity contribution in [1.82, 2.24) is 9.97 Å². The van der Waals surface area contributed by atoms with Crippen LogP contribution >= 0.6 is 11.6 Å². The number of anilines is 1. The summed E-state index contributed by atoms with van der Waals surface area (Å²) >= 11 is 6.16. The molecule has 30 heavy (non-hydrogen) atoms. The highest BCUT2D eigenvalue weighted by atomic mass is 35.5. The van der Waals surface area contributed by atoms with Gasteiger partial charge >= 0.3 is 0 Å². The molecule has 2 aromatic heterocycles. The summed E-state index contributed by atoms with van der Waals surface area (Å²) in [5, 5.41) is 1.41. The second kappa shape index (κ2) is 6.52. The molecule has 154 valence electrons. The Labute approximate surface area is 177 Å². The number of fused-ring (bicyclic) bond motifs is 4. The summed E-state index contributed by atoms with van der Waals surface area (Å²) in [6.45, 7) is 2.29. The standard InChI is InChI=1S/C21H18ClN3O4S/c1-11-18(12-3-6-16-17(9-12)29-8-7-25(16)30(2,27)28)20-19(24-21(11)26)14-10-13(22)4-5-15(14)23-20/h3-6,9-10,23H,7-8H2,1-2H3,(H,24,26). The van der Waals surface area contributed by atoms with Crippen LogP contribution in [0.1, 0.15) is 5.56 Å². The third kappa shape index (κ3) is 2.86. The zero-order chi connectivity index (χ0) is 21.2. The molecule has 0 unspecified atom stereocenters. The highest BCUT2D eigenvalue weighted by Gasteiger charge is 2.26. The van der Waals surface area contributed by atoms with Crippen LogP contribution in [0.2, 0.25) is 5.02 Å². The SMILES string of the molecule is Cc1c(-c2ccc3c(c2)OCCN3S(C)(=O)=O)c2[nH]c3ccc(Cl)cc3c2[nH]c1=O. The van der Waals surface area contributed by atoms with Gasteiger partial charge in [0.05, 0.1) is 29.5 Å². The number of rotatable bonds is 2. The lowest BCUT2D eigenvalue weighted by atomic mass is 9.99. The van der Waals surface area contributed by atoms with Crippen molar-refractivity contribution in [3.05, 3.63) is 57.3 Å². The van der Waals surface area contributed by atoms with Gasteiger partial charge in [0.15, 0.2) is 0 Å². The number of nitrogens with one attached hydrogen (secondary N) is 2. The molecule has 2 N–H and O–H groups in total. The molecule has 9 heteroatoms. The molecule has 0 atom stereocenters. The van der Waals surface area contributed by atoms with E-state index in [0.717, 1.165) is 27.5 Å². The summed E-state index contributed by atoms with van der Waals surface area (Å²) in [4.78, 5) is 19.0. The van der Waals surface area contributed by atoms with Crippen LogP contribution in [0.4, 0.5) is 5.69 Å². The second-order valence-electron chi connectivity index (χ2n) is 7.39. The van der Waals surface area contributed by atoms with Crippen LogP contribution in [0, 0.1) is 6.92 Å². The Bertz CT molecular complexity index is 1500. The van der Waals surface area contributed by atoms with Gasteiger partial charge in [0.1, 0.15) is 12.4 Å². The molecule has 2 aromatic carbocycles. The fourth-order valence-corrected chi connectivity index (χ4v) is 5.13. The Hall–Kier alpha value is -2.97. The molecule has 1 aliphatic rings. The third-order valence-corrected chi connectivity index (χ3v) is 6.85. The van der Waals surface area contributed by atoms with Gasteiger partial charge in [0, 0.05) is 27.1 Å². The number of sulfonamides is 1. The summed E-state index contributed by atoms with van der Waals surface area (Å²) in [5.41, 5.74) is 4.66. The van der Waals surface area contributed by atoms with Gasteiger partial charge in [-0.25, -0.2) is 8.42 Å². The number of aromatic nitrogens is 2. The van der Waals surface area contributed by atoms with E-state index in [1.807, 2.05) is 18.2 Å². The van der Waals surface area contributed by atoms with Crippen molar-refractivity contribution >= 4 is 49.2 Å². The number of pyridine rings is 1. The maximum absolute atomic E-state index is 12.7.